The number of hydrogen-bond acceptors (Lipinski definition) is 2. The molecule has 124 valence electrons. The number of alkyl carbamates (subject to hydrolysis) is 1. The third kappa shape index (κ3) is 8.71. The van der Waals surface area contributed by atoms with Gasteiger partial charge in [-0.25, -0.2) is 4.79 Å². The van der Waals surface area contributed by atoms with Crippen LogP contribution in [0.15, 0.2) is 24.3 Å². The molecule has 1 N–H and O–H groups in total. The molecule has 0 aliphatic carbocycles. The molecule has 1 amide bonds. The van der Waals surface area contributed by atoms with Gasteiger partial charge in [-0.1, -0.05) is 50.5 Å². The number of carbonyl (C=O) groups excluding carboxylic acids is 1. The second-order valence-corrected chi connectivity index (χ2v) is 6.81. The molecule has 22 heavy (non-hydrogen) atoms. The molecule has 0 saturated carbocycles. The lowest BCUT2D eigenvalue weighted by Gasteiger charge is -2.19. The lowest BCUT2D eigenvalue weighted by molar-refractivity contribution is 0.0528. The molecule has 0 atom stereocenters. The summed E-state index contributed by atoms with van der Waals surface area (Å²) in [6.07, 6.45) is 6.84. The SMILES string of the molecule is CCCCCCc1ccc(CCNC(=O)OC(C)(C)C)cc1. The number of rotatable bonds is 8. The van der Waals surface area contributed by atoms with Crippen molar-refractivity contribution in [2.45, 2.75) is 71.8 Å². The Labute approximate surface area is 135 Å². The number of carbonyl (C=O) groups is 1. The Bertz CT molecular complexity index is 432. The quantitative estimate of drug-likeness (QED) is 0.695. The molecule has 0 fully saturated rings. The number of benzene rings is 1. The van der Waals surface area contributed by atoms with Crippen molar-refractivity contribution in [1.82, 2.24) is 5.32 Å². The van der Waals surface area contributed by atoms with Gasteiger partial charge in [-0.15, -0.1) is 0 Å². The van der Waals surface area contributed by atoms with Crippen molar-refractivity contribution in [2.24, 2.45) is 0 Å². The highest BCUT2D eigenvalue weighted by Crippen LogP contribution is 2.10. The van der Waals surface area contributed by atoms with Gasteiger partial charge >= 0.3 is 6.09 Å². The Balaban J connectivity index is 2.25. The highest BCUT2D eigenvalue weighted by molar-refractivity contribution is 5.67. The van der Waals surface area contributed by atoms with E-state index in [4.69, 9.17) is 4.74 Å². The Kier molecular flexibility index (Phi) is 8.00. The third-order valence-corrected chi connectivity index (χ3v) is 3.42. The van der Waals surface area contributed by atoms with E-state index in [1.807, 2.05) is 20.8 Å². The summed E-state index contributed by atoms with van der Waals surface area (Å²) in [7, 11) is 0. The zero-order valence-electron chi connectivity index (χ0n) is 14.6. The second kappa shape index (κ2) is 9.50. The Morgan fingerprint density at radius 1 is 1.00 bits per heavy atom. The van der Waals surface area contributed by atoms with E-state index in [1.165, 1.54) is 36.8 Å². The fraction of sp³-hybridized carbons (Fsp3) is 0.632. The van der Waals surface area contributed by atoms with Gasteiger partial charge in [0.05, 0.1) is 0 Å². The van der Waals surface area contributed by atoms with Crippen LogP contribution < -0.4 is 5.32 Å². The first kappa shape index (κ1) is 18.5. The predicted molar refractivity (Wildman–Crippen MR) is 92.2 cm³/mol. The van der Waals surface area contributed by atoms with Crippen molar-refractivity contribution in [1.29, 1.82) is 0 Å². The van der Waals surface area contributed by atoms with E-state index in [1.54, 1.807) is 0 Å². The summed E-state index contributed by atoms with van der Waals surface area (Å²) in [5, 5.41) is 2.79. The van der Waals surface area contributed by atoms with Crippen LogP contribution in [0, 0.1) is 0 Å². The van der Waals surface area contributed by atoms with Crippen molar-refractivity contribution in [3.63, 3.8) is 0 Å². The molecule has 3 nitrogen and oxygen atoms in total. The summed E-state index contributed by atoms with van der Waals surface area (Å²) in [4.78, 5) is 11.5. The highest BCUT2D eigenvalue weighted by atomic mass is 16.6. The van der Waals surface area contributed by atoms with Gasteiger partial charge in [-0.2, -0.15) is 0 Å². The smallest absolute Gasteiger partial charge is 0.407 e. The maximum Gasteiger partial charge on any atom is 0.407 e. The van der Waals surface area contributed by atoms with Gasteiger partial charge in [-0.05, 0) is 51.2 Å². The molecule has 1 rings (SSSR count). The summed E-state index contributed by atoms with van der Waals surface area (Å²) in [6.45, 7) is 8.44. The maximum atomic E-state index is 11.5. The highest BCUT2D eigenvalue weighted by Gasteiger charge is 2.15. The van der Waals surface area contributed by atoms with Crippen molar-refractivity contribution >= 4 is 6.09 Å². The summed E-state index contributed by atoms with van der Waals surface area (Å²) < 4.78 is 5.21. The van der Waals surface area contributed by atoms with E-state index in [9.17, 15) is 4.79 Å². The largest absolute Gasteiger partial charge is 0.444 e. The molecule has 0 spiro atoms. The van der Waals surface area contributed by atoms with E-state index in [2.05, 4.69) is 36.5 Å². The molecule has 0 aliphatic heterocycles. The molecule has 0 aromatic heterocycles. The van der Waals surface area contributed by atoms with Crippen LogP contribution in [0.1, 0.15) is 64.5 Å². The second-order valence-electron chi connectivity index (χ2n) is 6.81. The van der Waals surface area contributed by atoms with Crippen LogP contribution in [0.4, 0.5) is 4.79 Å². The molecule has 0 heterocycles. The topological polar surface area (TPSA) is 38.3 Å². The van der Waals surface area contributed by atoms with E-state index in [0.717, 1.165) is 12.8 Å². The van der Waals surface area contributed by atoms with Crippen LogP contribution in [0.3, 0.4) is 0 Å². The molecular weight excluding hydrogens is 274 g/mol. The summed E-state index contributed by atoms with van der Waals surface area (Å²) >= 11 is 0. The zero-order valence-corrected chi connectivity index (χ0v) is 14.6. The van der Waals surface area contributed by atoms with Crippen molar-refractivity contribution in [2.75, 3.05) is 6.54 Å². The molecule has 3 heteroatoms. The van der Waals surface area contributed by atoms with Crippen molar-refractivity contribution in [3.8, 4) is 0 Å². The summed E-state index contributed by atoms with van der Waals surface area (Å²) in [6, 6.07) is 8.72. The zero-order chi connectivity index (χ0) is 16.4. The minimum Gasteiger partial charge on any atom is -0.444 e. The number of amides is 1. The van der Waals surface area contributed by atoms with Gasteiger partial charge in [0, 0.05) is 6.54 Å². The number of aryl methyl sites for hydroxylation is 1. The van der Waals surface area contributed by atoms with Crippen molar-refractivity contribution < 1.29 is 9.53 Å². The molecule has 0 saturated heterocycles. The minimum absolute atomic E-state index is 0.347. The first-order valence-electron chi connectivity index (χ1n) is 8.45. The first-order chi connectivity index (χ1) is 10.4. The van der Waals surface area contributed by atoms with Gasteiger partial charge in [-0.3, -0.25) is 0 Å². The minimum atomic E-state index is -0.441. The van der Waals surface area contributed by atoms with Crippen LogP contribution in [0.25, 0.3) is 0 Å². The third-order valence-electron chi connectivity index (χ3n) is 3.42. The fourth-order valence-electron chi connectivity index (χ4n) is 2.25. The van der Waals surface area contributed by atoms with Gasteiger partial charge in [0.1, 0.15) is 5.60 Å². The Morgan fingerprint density at radius 3 is 2.14 bits per heavy atom. The first-order valence-corrected chi connectivity index (χ1v) is 8.45. The van der Waals surface area contributed by atoms with Gasteiger partial charge in [0.15, 0.2) is 0 Å². The summed E-state index contributed by atoms with van der Waals surface area (Å²) in [5.41, 5.74) is 2.21. The van der Waals surface area contributed by atoms with Gasteiger partial charge in [0.25, 0.3) is 0 Å². The standard InChI is InChI=1S/C19H31NO2/c1-5-6-7-8-9-16-10-12-17(13-11-16)14-15-20-18(21)22-19(2,3)4/h10-13H,5-9,14-15H2,1-4H3,(H,20,21). The predicted octanol–water partition coefficient (Wildman–Crippen LogP) is 4.88. The fourth-order valence-corrected chi connectivity index (χ4v) is 2.25. The van der Waals surface area contributed by atoms with Crippen LogP contribution in [0.2, 0.25) is 0 Å². The average Bonchev–Trinajstić information content (AvgIpc) is 2.43. The molecule has 1 aromatic carbocycles. The van der Waals surface area contributed by atoms with E-state index < -0.39 is 5.60 Å². The normalized spacial score (nSPS) is 11.3. The van der Waals surface area contributed by atoms with Crippen molar-refractivity contribution in [3.05, 3.63) is 35.4 Å². The summed E-state index contributed by atoms with van der Waals surface area (Å²) in [5.74, 6) is 0. The van der Waals surface area contributed by atoms with Crippen LogP contribution in [-0.4, -0.2) is 18.2 Å². The molecular formula is C19H31NO2. The van der Waals surface area contributed by atoms with Gasteiger partial charge in [0.2, 0.25) is 0 Å². The maximum absolute atomic E-state index is 11.5. The van der Waals surface area contributed by atoms with E-state index >= 15 is 0 Å². The molecule has 0 bridgehead atoms. The van der Waals surface area contributed by atoms with Gasteiger partial charge < -0.3 is 10.1 Å². The molecule has 1 aromatic rings. The van der Waals surface area contributed by atoms with E-state index in [0.29, 0.717) is 6.54 Å². The number of unbranched alkanes of at least 4 members (excludes halogenated alkanes) is 3. The Hall–Kier alpha value is -1.51. The van der Waals surface area contributed by atoms with Crippen LogP contribution in [0.5, 0.6) is 0 Å². The van der Waals surface area contributed by atoms with Crippen LogP contribution in [-0.2, 0) is 17.6 Å². The Morgan fingerprint density at radius 2 is 1.59 bits per heavy atom. The lowest BCUT2D eigenvalue weighted by atomic mass is 10.0. The number of hydrogen-bond donors (Lipinski definition) is 1. The monoisotopic (exact) mass is 305 g/mol. The molecule has 0 radical (unpaired) electrons. The van der Waals surface area contributed by atoms with E-state index in [-0.39, 0.29) is 6.09 Å². The molecule has 0 aliphatic rings. The van der Waals surface area contributed by atoms with Crippen LogP contribution >= 0.6 is 0 Å². The average molecular weight is 305 g/mol. The number of ether oxygens (including phenoxy) is 1. The molecule has 0 unspecified atom stereocenters. The number of nitrogens with one attached hydrogen (secondary N) is 1. The lowest BCUT2D eigenvalue weighted by Crippen LogP contribution is -2.33.